The first-order valence-electron chi connectivity index (χ1n) is 5.88. The van der Waals surface area contributed by atoms with Crippen LogP contribution in [-0.4, -0.2) is 37.5 Å². The van der Waals surface area contributed by atoms with Gasteiger partial charge in [-0.05, 0) is 12.5 Å². The summed E-state index contributed by atoms with van der Waals surface area (Å²) in [4.78, 5) is 12.0. The second-order valence-electron chi connectivity index (χ2n) is 3.93. The van der Waals surface area contributed by atoms with Gasteiger partial charge in [0.15, 0.2) is 0 Å². The first-order valence-corrected chi connectivity index (χ1v) is 5.88. The van der Waals surface area contributed by atoms with Crippen molar-refractivity contribution in [3.63, 3.8) is 0 Å². The summed E-state index contributed by atoms with van der Waals surface area (Å²) in [5.41, 5.74) is -0.387. The number of carbonyl (C=O) groups is 1. The van der Waals surface area contributed by atoms with E-state index in [-0.39, 0.29) is 26.4 Å². The van der Waals surface area contributed by atoms with Gasteiger partial charge >= 0.3 is 5.97 Å². The largest absolute Gasteiger partial charge is 0.462 e. The molecule has 1 atom stereocenters. The lowest BCUT2D eigenvalue weighted by molar-refractivity contribution is -0.151. The number of ether oxygens (including phenoxy) is 2. The van der Waals surface area contributed by atoms with Crippen molar-refractivity contribution in [2.75, 3.05) is 26.4 Å². The standard InChI is InChI=1S/C15H16O4/c1-3-13-5-7-15(4-2,8-6-13)14(17)19-12-11-18-10-9-16/h1-2,5-7,16H,8-12H2. The fourth-order valence-corrected chi connectivity index (χ4v) is 1.55. The molecule has 0 amide bonds. The van der Waals surface area contributed by atoms with E-state index in [4.69, 9.17) is 27.4 Å². The van der Waals surface area contributed by atoms with Crippen LogP contribution in [0.2, 0.25) is 0 Å². The SMILES string of the molecule is C#CC1=CCC(C#C)(C(=O)OCCOCCO)C=C1. The Hall–Kier alpha value is -2.01. The number of aliphatic hydroxyl groups is 1. The normalized spacial score (nSPS) is 21.1. The van der Waals surface area contributed by atoms with Crippen LogP contribution >= 0.6 is 0 Å². The Labute approximate surface area is 113 Å². The molecule has 1 rings (SSSR count). The summed E-state index contributed by atoms with van der Waals surface area (Å²) in [7, 11) is 0. The molecule has 0 heterocycles. The highest BCUT2D eigenvalue weighted by atomic mass is 16.6. The minimum atomic E-state index is -1.09. The van der Waals surface area contributed by atoms with Crippen molar-refractivity contribution in [3.05, 3.63) is 23.8 Å². The Balaban J connectivity index is 2.51. The van der Waals surface area contributed by atoms with Gasteiger partial charge in [-0.1, -0.05) is 24.0 Å². The van der Waals surface area contributed by atoms with Gasteiger partial charge in [0.25, 0.3) is 0 Å². The maximum Gasteiger partial charge on any atom is 0.328 e. The fraction of sp³-hybridized carbons (Fsp3) is 0.400. The van der Waals surface area contributed by atoms with Gasteiger partial charge in [-0.2, -0.15) is 0 Å². The molecule has 1 N–H and O–H groups in total. The predicted molar refractivity (Wildman–Crippen MR) is 70.8 cm³/mol. The Kier molecular flexibility index (Phi) is 5.89. The second kappa shape index (κ2) is 7.43. The van der Waals surface area contributed by atoms with E-state index >= 15 is 0 Å². The van der Waals surface area contributed by atoms with Crippen LogP contribution in [0.1, 0.15) is 6.42 Å². The van der Waals surface area contributed by atoms with Gasteiger partial charge < -0.3 is 14.6 Å². The zero-order valence-corrected chi connectivity index (χ0v) is 10.6. The molecule has 0 aliphatic heterocycles. The maximum absolute atomic E-state index is 12.0. The van der Waals surface area contributed by atoms with E-state index in [1.807, 2.05) is 0 Å². The molecule has 0 aromatic heterocycles. The van der Waals surface area contributed by atoms with Crippen LogP contribution in [0, 0.1) is 30.1 Å². The van der Waals surface area contributed by atoms with Crippen molar-refractivity contribution in [2.24, 2.45) is 5.41 Å². The molecule has 0 aromatic rings. The number of carbonyl (C=O) groups excluding carboxylic acids is 1. The molecule has 4 nitrogen and oxygen atoms in total. The number of hydrogen-bond donors (Lipinski definition) is 1. The van der Waals surface area contributed by atoms with Crippen LogP contribution in [0.5, 0.6) is 0 Å². The van der Waals surface area contributed by atoms with Gasteiger partial charge in [0.1, 0.15) is 12.0 Å². The molecular formula is C15H16O4. The van der Waals surface area contributed by atoms with Crippen LogP contribution in [0.4, 0.5) is 0 Å². The van der Waals surface area contributed by atoms with Gasteiger partial charge in [0, 0.05) is 5.57 Å². The topological polar surface area (TPSA) is 55.8 Å². The third kappa shape index (κ3) is 3.99. The van der Waals surface area contributed by atoms with E-state index < -0.39 is 11.4 Å². The highest BCUT2D eigenvalue weighted by molar-refractivity contribution is 5.84. The minimum Gasteiger partial charge on any atom is -0.462 e. The average molecular weight is 260 g/mol. The molecule has 0 saturated carbocycles. The lowest BCUT2D eigenvalue weighted by Crippen LogP contribution is -2.31. The van der Waals surface area contributed by atoms with E-state index in [0.29, 0.717) is 12.0 Å². The lowest BCUT2D eigenvalue weighted by Gasteiger charge is -2.23. The van der Waals surface area contributed by atoms with Gasteiger partial charge in [0.05, 0.1) is 19.8 Å². The summed E-state index contributed by atoms with van der Waals surface area (Å²) >= 11 is 0. The molecule has 1 aliphatic rings. The van der Waals surface area contributed by atoms with Gasteiger partial charge in [-0.25, -0.2) is 0 Å². The molecule has 0 radical (unpaired) electrons. The monoisotopic (exact) mass is 260 g/mol. The molecule has 19 heavy (non-hydrogen) atoms. The van der Waals surface area contributed by atoms with Crippen molar-refractivity contribution >= 4 is 5.97 Å². The first-order chi connectivity index (χ1) is 9.18. The van der Waals surface area contributed by atoms with Crippen molar-refractivity contribution in [1.82, 2.24) is 0 Å². The number of esters is 1. The second-order valence-corrected chi connectivity index (χ2v) is 3.93. The molecule has 0 aromatic carbocycles. The highest BCUT2D eigenvalue weighted by Gasteiger charge is 2.36. The van der Waals surface area contributed by atoms with Crippen molar-refractivity contribution in [2.45, 2.75) is 6.42 Å². The van der Waals surface area contributed by atoms with E-state index in [0.717, 1.165) is 0 Å². The highest BCUT2D eigenvalue weighted by Crippen LogP contribution is 2.30. The molecule has 1 unspecified atom stereocenters. The number of rotatable bonds is 6. The van der Waals surface area contributed by atoms with E-state index in [1.54, 1.807) is 18.2 Å². The number of hydrogen-bond acceptors (Lipinski definition) is 4. The molecule has 0 bridgehead atoms. The van der Waals surface area contributed by atoms with Gasteiger partial charge in [0.2, 0.25) is 0 Å². The van der Waals surface area contributed by atoms with Crippen molar-refractivity contribution in [1.29, 1.82) is 0 Å². The molecule has 0 saturated heterocycles. The molecule has 100 valence electrons. The van der Waals surface area contributed by atoms with Crippen LogP contribution in [0.25, 0.3) is 0 Å². The van der Waals surface area contributed by atoms with Crippen molar-refractivity contribution in [3.8, 4) is 24.7 Å². The summed E-state index contributed by atoms with van der Waals surface area (Å²) in [6, 6.07) is 0. The van der Waals surface area contributed by atoms with Gasteiger partial charge in [-0.15, -0.1) is 12.8 Å². The van der Waals surface area contributed by atoms with Crippen molar-refractivity contribution < 1.29 is 19.4 Å². The number of terminal acetylenes is 2. The van der Waals surface area contributed by atoms with Crippen LogP contribution in [0.3, 0.4) is 0 Å². The van der Waals surface area contributed by atoms with Crippen LogP contribution in [0.15, 0.2) is 23.8 Å². The number of allylic oxidation sites excluding steroid dienone is 3. The first kappa shape index (κ1) is 15.0. The van der Waals surface area contributed by atoms with Crippen LogP contribution in [-0.2, 0) is 14.3 Å². The maximum atomic E-state index is 12.0. The molecule has 4 heteroatoms. The summed E-state index contributed by atoms with van der Waals surface area (Å²) in [6.07, 6.45) is 16.0. The van der Waals surface area contributed by atoms with E-state index in [2.05, 4.69) is 11.8 Å². The fourth-order valence-electron chi connectivity index (χ4n) is 1.55. The molecular weight excluding hydrogens is 244 g/mol. The quantitative estimate of drug-likeness (QED) is 0.433. The molecule has 0 fully saturated rings. The summed E-state index contributed by atoms with van der Waals surface area (Å²) in [5, 5.41) is 8.51. The predicted octanol–water partition coefficient (Wildman–Crippen LogP) is 0.678. The zero-order valence-electron chi connectivity index (χ0n) is 10.6. The van der Waals surface area contributed by atoms with Crippen LogP contribution < -0.4 is 0 Å². The Bertz CT molecular complexity index is 462. The van der Waals surface area contributed by atoms with E-state index in [9.17, 15) is 4.79 Å². The Morgan fingerprint density at radius 3 is 2.74 bits per heavy atom. The summed E-state index contributed by atoms with van der Waals surface area (Å²) < 4.78 is 10.1. The zero-order chi connectivity index (χ0) is 14.1. The number of aliphatic hydroxyl groups excluding tert-OH is 1. The Morgan fingerprint density at radius 2 is 2.21 bits per heavy atom. The third-order valence-electron chi connectivity index (χ3n) is 2.68. The molecule has 1 aliphatic carbocycles. The molecule has 0 spiro atoms. The smallest absolute Gasteiger partial charge is 0.328 e. The average Bonchev–Trinajstić information content (AvgIpc) is 2.46. The third-order valence-corrected chi connectivity index (χ3v) is 2.68. The summed E-state index contributed by atoms with van der Waals surface area (Å²) in [5.74, 6) is 4.45. The lowest BCUT2D eigenvalue weighted by atomic mass is 9.81. The minimum absolute atomic E-state index is 0.0648. The van der Waals surface area contributed by atoms with Gasteiger partial charge in [-0.3, -0.25) is 4.79 Å². The Morgan fingerprint density at radius 1 is 1.42 bits per heavy atom. The summed E-state index contributed by atoms with van der Waals surface area (Å²) in [6.45, 7) is 0.473. The van der Waals surface area contributed by atoms with E-state index in [1.165, 1.54) is 0 Å².